The van der Waals surface area contributed by atoms with E-state index in [9.17, 15) is 10.3 Å². The predicted octanol–water partition coefficient (Wildman–Crippen LogP) is 3.23. The van der Waals surface area contributed by atoms with Crippen molar-refractivity contribution in [3.63, 3.8) is 0 Å². The largest absolute Gasteiger partial charge is 0.348 e. The third kappa shape index (κ3) is 5.04. The number of carbonyl (C=O) groups is 1. The summed E-state index contributed by atoms with van der Waals surface area (Å²) >= 11 is 0. The van der Waals surface area contributed by atoms with Crippen molar-refractivity contribution < 1.29 is 23.7 Å². The van der Waals surface area contributed by atoms with Crippen molar-refractivity contribution in [2.75, 3.05) is 6.61 Å². The molecule has 0 aromatic heterocycles. The zero-order valence-corrected chi connectivity index (χ0v) is 17.0. The van der Waals surface area contributed by atoms with Crippen LogP contribution >= 0.6 is 0 Å². The lowest BCUT2D eigenvalue weighted by atomic mass is 9.93. The van der Waals surface area contributed by atoms with Crippen molar-refractivity contribution in [2.45, 2.75) is 50.4 Å². The van der Waals surface area contributed by atoms with Crippen molar-refractivity contribution >= 4 is 5.91 Å². The maximum absolute atomic E-state index is 11.9. The van der Waals surface area contributed by atoms with Gasteiger partial charge in [-0.25, -0.2) is 0 Å². The summed E-state index contributed by atoms with van der Waals surface area (Å²) in [6.07, 6.45) is -2.58. The van der Waals surface area contributed by atoms with E-state index in [0.29, 0.717) is 0 Å². The fourth-order valence-electron chi connectivity index (χ4n) is 3.85. The first-order valence-electron chi connectivity index (χ1n) is 10.1. The van der Waals surface area contributed by atoms with Crippen LogP contribution in [0.5, 0.6) is 0 Å². The summed E-state index contributed by atoms with van der Waals surface area (Å²) in [7, 11) is 0. The maximum Gasteiger partial charge on any atom is 0.217 e. The minimum absolute atomic E-state index is 0.236. The summed E-state index contributed by atoms with van der Waals surface area (Å²) in [5.41, 5.74) is 11.0. The molecule has 2 heterocycles. The maximum atomic E-state index is 11.9. The van der Waals surface area contributed by atoms with Gasteiger partial charge in [-0.2, -0.15) is 0 Å². The highest BCUT2D eigenvalue weighted by atomic mass is 16.7. The number of nitrogens with one attached hydrogen (secondary N) is 1. The second-order valence-corrected chi connectivity index (χ2v) is 7.44. The van der Waals surface area contributed by atoms with Crippen LogP contribution in [0.3, 0.4) is 0 Å². The molecule has 0 spiro atoms. The van der Waals surface area contributed by atoms with E-state index >= 15 is 0 Å². The monoisotopic (exact) mass is 424 g/mol. The first-order valence-corrected chi connectivity index (χ1v) is 10.1. The number of ether oxygens (including phenoxy) is 4. The Morgan fingerprint density at radius 2 is 1.87 bits per heavy atom. The molecule has 0 radical (unpaired) electrons. The molecule has 2 fully saturated rings. The van der Waals surface area contributed by atoms with Gasteiger partial charge in [-0.1, -0.05) is 65.8 Å². The number of hydrogen-bond donors (Lipinski definition) is 1. The van der Waals surface area contributed by atoms with Gasteiger partial charge in [0.15, 0.2) is 12.6 Å². The van der Waals surface area contributed by atoms with E-state index in [1.807, 2.05) is 60.7 Å². The lowest BCUT2D eigenvalue weighted by Gasteiger charge is -2.48. The molecular weight excluding hydrogens is 400 g/mol. The third-order valence-electron chi connectivity index (χ3n) is 5.25. The molecule has 0 bridgehead atoms. The molecule has 2 aliphatic heterocycles. The number of carbonyl (C=O) groups excluding carboxylic acids is 1. The number of rotatable bonds is 6. The topological polar surface area (TPSA) is 115 Å². The Kier molecular flexibility index (Phi) is 6.81. The smallest absolute Gasteiger partial charge is 0.217 e. The average molecular weight is 424 g/mol. The molecule has 0 unspecified atom stereocenters. The zero-order chi connectivity index (χ0) is 21.6. The Hall–Kier alpha value is -2.94. The summed E-state index contributed by atoms with van der Waals surface area (Å²) in [6, 6.07) is 17.6. The zero-order valence-electron chi connectivity index (χ0n) is 17.0. The Balaban J connectivity index is 1.56. The molecule has 4 rings (SSSR count). The molecule has 1 amide bonds. The van der Waals surface area contributed by atoms with E-state index in [2.05, 4.69) is 15.3 Å². The van der Waals surface area contributed by atoms with Crippen LogP contribution in [0.2, 0.25) is 0 Å². The Labute approximate surface area is 179 Å². The third-order valence-corrected chi connectivity index (χ3v) is 5.25. The average Bonchev–Trinajstić information content (AvgIpc) is 2.80. The SMILES string of the molecule is CC(=O)N[C@@H]1[C@H](OCc2ccccc2)O[C@@H]2CO[C@@H](c3ccccc3)O[C@@H]2[C@H]1N=[N+]=[N-]. The summed E-state index contributed by atoms with van der Waals surface area (Å²) in [5.74, 6) is -0.287. The summed E-state index contributed by atoms with van der Waals surface area (Å²) in [6.45, 7) is 1.90. The quantitative estimate of drug-likeness (QED) is 0.434. The van der Waals surface area contributed by atoms with Gasteiger partial charge in [0.1, 0.15) is 12.2 Å². The van der Waals surface area contributed by atoms with Crippen LogP contribution < -0.4 is 5.32 Å². The van der Waals surface area contributed by atoms with E-state index < -0.39 is 36.9 Å². The fourth-order valence-corrected chi connectivity index (χ4v) is 3.85. The number of fused-ring (bicyclic) bond motifs is 1. The Morgan fingerprint density at radius 1 is 1.16 bits per heavy atom. The van der Waals surface area contributed by atoms with E-state index in [1.165, 1.54) is 6.92 Å². The highest BCUT2D eigenvalue weighted by Gasteiger charge is 2.50. The molecule has 9 heteroatoms. The van der Waals surface area contributed by atoms with Crippen LogP contribution in [0.15, 0.2) is 65.8 Å². The molecule has 2 aromatic carbocycles. The molecular formula is C22H24N4O5. The molecule has 6 atom stereocenters. The molecule has 1 N–H and O–H groups in total. The molecule has 9 nitrogen and oxygen atoms in total. The molecule has 0 aliphatic carbocycles. The van der Waals surface area contributed by atoms with E-state index in [-0.39, 0.29) is 19.1 Å². The molecule has 2 aromatic rings. The molecule has 2 saturated heterocycles. The van der Waals surface area contributed by atoms with Gasteiger partial charge in [0.25, 0.3) is 0 Å². The van der Waals surface area contributed by atoms with Gasteiger partial charge in [-0.05, 0) is 11.1 Å². The number of amides is 1. The van der Waals surface area contributed by atoms with Crippen LogP contribution in [0.4, 0.5) is 0 Å². The standard InChI is InChI=1S/C22H24N4O5/c1-14(27)24-19-18(25-26-23)20-17(13-29-21(31-20)16-10-6-3-7-11-16)30-22(19)28-12-15-8-4-2-5-9-15/h2-11,17-22H,12-13H2,1H3,(H,24,27)/t17-,18+,19+,20+,21-,22-/m1/s1. The number of azide groups is 1. The lowest BCUT2D eigenvalue weighted by molar-refractivity contribution is -0.327. The van der Waals surface area contributed by atoms with Crippen molar-refractivity contribution in [2.24, 2.45) is 5.11 Å². The van der Waals surface area contributed by atoms with Crippen molar-refractivity contribution in [3.05, 3.63) is 82.2 Å². The highest BCUT2D eigenvalue weighted by molar-refractivity contribution is 5.73. The van der Waals surface area contributed by atoms with E-state index in [4.69, 9.17) is 18.9 Å². The van der Waals surface area contributed by atoms with Gasteiger partial charge >= 0.3 is 0 Å². The summed E-state index contributed by atoms with van der Waals surface area (Å²) in [5, 5.41) is 6.78. The van der Waals surface area contributed by atoms with Gasteiger partial charge in [0.2, 0.25) is 5.91 Å². The van der Waals surface area contributed by atoms with E-state index in [0.717, 1.165) is 11.1 Å². The number of benzene rings is 2. The summed E-state index contributed by atoms with van der Waals surface area (Å²) in [4.78, 5) is 14.9. The normalized spacial score (nSPS) is 30.0. The minimum Gasteiger partial charge on any atom is -0.348 e. The summed E-state index contributed by atoms with van der Waals surface area (Å²) < 4.78 is 24.1. The van der Waals surface area contributed by atoms with Crippen LogP contribution in [-0.2, 0) is 30.3 Å². The van der Waals surface area contributed by atoms with Crippen LogP contribution in [-0.4, -0.2) is 43.1 Å². The molecule has 31 heavy (non-hydrogen) atoms. The van der Waals surface area contributed by atoms with Crippen molar-refractivity contribution in [1.29, 1.82) is 0 Å². The van der Waals surface area contributed by atoms with Crippen LogP contribution in [0.25, 0.3) is 10.4 Å². The Morgan fingerprint density at radius 3 is 2.55 bits per heavy atom. The first-order chi connectivity index (χ1) is 15.2. The highest BCUT2D eigenvalue weighted by Crippen LogP contribution is 2.36. The minimum atomic E-state index is -0.832. The lowest BCUT2D eigenvalue weighted by Crippen LogP contribution is -2.65. The van der Waals surface area contributed by atoms with Crippen molar-refractivity contribution in [1.82, 2.24) is 5.32 Å². The first kappa shape index (κ1) is 21.3. The molecule has 0 saturated carbocycles. The van der Waals surface area contributed by atoms with Crippen molar-refractivity contribution in [3.8, 4) is 0 Å². The molecule has 2 aliphatic rings. The molecule has 162 valence electrons. The van der Waals surface area contributed by atoms with Gasteiger partial charge < -0.3 is 24.3 Å². The van der Waals surface area contributed by atoms with Gasteiger partial charge in [-0.3, -0.25) is 4.79 Å². The van der Waals surface area contributed by atoms with Gasteiger partial charge in [-0.15, -0.1) is 0 Å². The second kappa shape index (κ2) is 9.91. The Bertz CT molecular complexity index is 922. The number of hydrogen-bond acceptors (Lipinski definition) is 6. The number of nitrogens with zero attached hydrogens (tertiary/aromatic N) is 3. The van der Waals surface area contributed by atoms with E-state index in [1.54, 1.807) is 0 Å². The fraction of sp³-hybridized carbons (Fsp3) is 0.409. The van der Waals surface area contributed by atoms with Gasteiger partial charge in [0.05, 0.1) is 25.3 Å². The second-order valence-electron chi connectivity index (χ2n) is 7.44. The van der Waals surface area contributed by atoms with Crippen LogP contribution in [0, 0.1) is 0 Å². The van der Waals surface area contributed by atoms with Crippen LogP contribution in [0.1, 0.15) is 24.3 Å². The predicted molar refractivity (Wildman–Crippen MR) is 110 cm³/mol. The van der Waals surface area contributed by atoms with Gasteiger partial charge in [0, 0.05) is 17.4 Å².